The van der Waals surface area contributed by atoms with E-state index in [2.05, 4.69) is 15.2 Å². The molecule has 3 aliphatic rings. The van der Waals surface area contributed by atoms with Crippen LogP contribution in [-0.2, 0) is 0 Å². The highest BCUT2D eigenvalue weighted by atomic mass is 127. The van der Waals surface area contributed by atoms with Crippen LogP contribution in [0, 0.1) is 11.8 Å². The van der Waals surface area contributed by atoms with E-state index in [4.69, 9.17) is 0 Å². The van der Waals surface area contributed by atoms with Crippen molar-refractivity contribution in [2.75, 3.05) is 26.7 Å². The van der Waals surface area contributed by atoms with Gasteiger partial charge in [-0.05, 0) is 37.5 Å². The lowest BCUT2D eigenvalue weighted by molar-refractivity contribution is 0.00818. The number of aliphatic hydroxyl groups is 1. The van der Waals surface area contributed by atoms with Crippen LogP contribution in [0.2, 0.25) is 0 Å². The zero-order chi connectivity index (χ0) is 14.7. The second-order valence-corrected chi connectivity index (χ2v) is 7.40. The van der Waals surface area contributed by atoms with Crippen LogP contribution in [0.3, 0.4) is 0 Å². The summed E-state index contributed by atoms with van der Waals surface area (Å²) in [6, 6.07) is 0. The minimum atomic E-state index is -0.513. The Balaban J connectivity index is 0.00000176. The SMILES string of the molecule is CN=C(NCC1(O)CCCCC1)N1CC2CCCCC2C1.I. The summed E-state index contributed by atoms with van der Waals surface area (Å²) in [4.78, 5) is 6.89. The number of halogens is 1. The molecule has 3 rings (SSSR count). The van der Waals surface area contributed by atoms with Gasteiger partial charge in [0, 0.05) is 26.7 Å². The van der Waals surface area contributed by atoms with Crippen LogP contribution in [-0.4, -0.2) is 48.2 Å². The summed E-state index contributed by atoms with van der Waals surface area (Å²) in [6.45, 7) is 2.97. The second-order valence-electron chi connectivity index (χ2n) is 7.40. The molecule has 0 amide bonds. The van der Waals surface area contributed by atoms with Crippen molar-refractivity contribution in [3.05, 3.63) is 0 Å². The van der Waals surface area contributed by atoms with Gasteiger partial charge < -0.3 is 15.3 Å². The third-order valence-electron chi connectivity index (χ3n) is 5.85. The summed E-state index contributed by atoms with van der Waals surface area (Å²) in [5.41, 5.74) is -0.513. The molecule has 128 valence electrons. The normalized spacial score (nSPS) is 31.4. The molecule has 5 heteroatoms. The smallest absolute Gasteiger partial charge is 0.193 e. The Morgan fingerprint density at radius 3 is 2.23 bits per heavy atom. The van der Waals surface area contributed by atoms with Gasteiger partial charge in [-0.3, -0.25) is 4.99 Å². The lowest BCUT2D eigenvalue weighted by Crippen LogP contribution is -2.49. The molecular formula is C17H32IN3O. The Hall–Kier alpha value is -0.0400. The van der Waals surface area contributed by atoms with Crippen LogP contribution in [0.1, 0.15) is 57.8 Å². The van der Waals surface area contributed by atoms with E-state index in [1.165, 1.54) is 32.1 Å². The fourth-order valence-electron chi connectivity index (χ4n) is 4.54. The largest absolute Gasteiger partial charge is 0.388 e. The molecular weight excluding hydrogens is 389 g/mol. The summed E-state index contributed by atoms with van der Waals surface area (Å²) >= 11 is 0. The quantitative estimate of drug-likeness (QED) is 0.410. The highest BCUT2D eigenvalue weighted by Crippen LogP contribution is 2.36. The Morgan fingerprint density at radius 2 is 1.68 bits per heavy atom. The number of fused-ring (bicyclic) bond motifs is 1. The molecule has 0 radical (unpaired) electrons. The fourth-order valence-corrected chi connectivity index (χ4v) is 4.54. The molecule has 2 saturated carbocycles. The van der Waals surface area contributed by atoms with Gasteiger partial charge in [-0.25, -0.2) is 0 Å². The van der Waals surface area contributed by atoms with Crippen molar-refractivity contribution in [1.82, 2.24) is 10.2 Å². The lowest BCUT2D eigenvalue weighted by atomic mass is 9.82. The van der Waals surface area contributed by atoms with Gasteiger partial charge in [0.15, 0.2) is 5.96 Å². The summed E-state index contributed by atoms with van der Waals surface area (Å²) in [5, 5.41) is 14.1. The number of guanidine groups is 1. The number of rotatable bonds is 2. The molecule has 0 aromatic carbocycles. The topological polar surface area (TPSA) is 47.9 Å². The second kappa shape index (κ2) is 8.18. The average Bonchev–Trinajstić information content (AvgIpc) is 2.92. The number of hydrogen-bond acceptors (Lipinski definition) is 2. The van der Waals surface area contributed by atoms with Gasteiger partial charge in [0.1, 0.15) is 0 Å². The number of hydrogen-bond donors (Lipinski definition) is 2. The monoisotopic (exact) mass is 421 g/mol. The van der Waals surface area contributed by atoms with Crippen molar-refractivity contribution in [1.29, 1.82) is 0 Å². The van der Waals surface area contributed by atoms with E-state index in [-0.39, 0.29) is 24.0 Å². The van der Waals surface area contributed by atoms with E-state index in [0.29, 0.717) is 6.54 Å². The van der Waals surface area contributed by atoms with Crippen molar-refractivity contribution in [3.8, 4) is 0 Å². The fraction of sp³-hybridized carbons (Fsp3) is 0.941. The molecule has 2 N–H and O–H groups in total. The van der Waals surface area contributed by atoms with Gasteiger partial charge in [-0.2, -0.15) is 0 Å². The van der Waals surface area contributed by atoms with Crippen LogP contribution in [0.25, 0.3) is 0 Å². The zero-order valence-corrected chi connectivity index (χ0v) is 16.2. The molecule has 3 fully saturated rings. The van der Waals surface area contributed by atoms with Crippen LogP contribution in [0.5, 0.6) is 0 Å². The predicted octanol–water partition coefficient (Wildman–Crippen LogP) is 3.00. The van der Waals surface area contributed by atoms with E-state index in [1.54, 1.807) is 0 Å². The summed E-state index contributed by atoms with van der Waals surface area (Å²) in [5.74, 6) is 2.74. The van der Waals surface area contributed by atoms with Crippen LogP contribution < -0.4 is 5.32 Å². The lowest BCUT2D eigenvalue weighted by Gasteiger charge is -2.33. The first-order valence-corrected chi connectivity index (χ1v) is 8.88. The van der Waals surface area contributed by atoms with Crippen molar-refractivity contribution in [3.63, 3.8) is 0 Å². The summed E-state index contributed by atoms with van der Waals surface area (Å²) < 4.78 is 0. The van der Waals surface area contributed by atoms with Gasteiger partial charge in [0.05, 0.1) is 5.60 Å². The molecule has 1 saturated heterocycles. The van der Waals surface area contributed by atoms with Crippen LogP contribution in [0.15, 0.2) is 4.99 Å². The van der Waals surface area contributed by atoms with Crippen molar-refractivity contribution >= 4 is 29.9 Å². The van der Waals surface area contributed by atoms with E-state index in [9.17, 15) is 5.11 Å². The first-order chi connectivity index (χ1) is 10.2. The van der Waals surface area contributed by atoms with E-state index >= 15 is 0 Å². The van der Waals surface area contributed by atoms with Gasteiger partial charge in [-0.15, -0.1) is 24.0 Å². The summed E-state index contributed by atoms with van der Waals surface area (Å²) in [7, 11) is 1.87. The molecule has 0 spiro atoms. The molecule has 4 nitrogen and oxygen atoms in total. The Morgan fingerprint density at radius 1 is 1.09 bits per heavy atom. The molecule has 2 aliphatic carbocycles. The average molecular weight is 421 g/mol. The third-order valence-corrected chi connectivity index (χ3v) is 5.85. The number of nitrogens with zero attached hydrogens (tertiary/aromatic N) is 2. The standard InChI is InChI=1S/C17H31N3O.HI/c1-18-16(19-13-17(21)9-5-2-6-10-17)20-11-14-7-3-4-8-15(14)12-20;/h14-15,21H,2-13H2,1H3,(H,18,19);1H. The molecule has 2 atom stereocenters. The number of aliphatic imine (C=N–C) groups is 1. The third kappa shape index (κ3) is 4.28. The van der Waals surface area contributed by atoms with E-state index < -0.39 is 5.60 Å². The van der Waals surface area contributed by atoms with Gasteiger partial charge in [0.25, 0.3) is 0 Å². The first kappa shape index (κ1) is 18.3. The maximum atomic E-state index is 10.6. The zero-order valence-electron chi connectivity index (χ0n) is 13.9. The number of nitrogens with one attached hydrogen (secondary N) is 1. The maximum absolute atomic E-state index is 10.6. The Kier molecular flexibility index (Phi) is 6.80. The molecule has 0 aromatic rings. The predicted molar refractivity (Wildman–Crippen MR) is 102 cm³/mol. The van der Waals surface area contributed by atoms with Gasteiger partial charge in [0.2, 0.25) is 0 Å². The van der Waals surface area contributed by atoms with E-state index in [0.717, 1.165) is 56.6 Å². The molecule has 0 aromatic heterocycles. The number of likely N-dealkylation sites (tertiary alicyclic amines) is 1. The minimum Gasteiger partial charge on any atom is -0.388 e. The van der Waals surface area contributed by atoms with Crippen LogP contribution >= 0.6 is 24.0 Å². The molecule has 0 bridgehead atoms. The highest BCUT2D eigenvalue weighted by molar-refractivity contribution is 14.0. The summed E-state index contributed by atoms with van der Waals surface area (Å²) in [6.07, 6.45) is 11.0. The molecule has 22 heavy (non-hydrogen) atoms. The maximum Gasteiger partial charge on any atom is 0.193 e. The first-order valence-electron chi connectivity index (χ1n) is 8.88. The van der Waals surface area contributed by atoms with Gasteiger partial charge in [-0.1, -0.05) is 32.1 Å². The van der Waals surface area contributed by atoms with E-state index in [1.807, 2.05) is 7.05 Å². The van der Waals surface area contributed by atoms with Crippen molar-refractivity contribution in [2.24, 2.45) is 16.8 Å². The minimum absolute atomic E-state index is 0. The Bertz CT molecular complexity index is 368. The van der Waals surface area contributed by atoms with Crippen molar-refractivity contribution in [2.45, 2.75) is 63.4 Å². The molecule has 1 heterocycles. The van der Waals surface area contributed by atoms with Crippen molar-refractivity contribution < 1.29 is 5.11 Å². The molecule has 1 aliphatic heterocycles. The van der Waals surface area contributed by atoms with Crippen LogP contribution in [0.4, 0.5) is 0 Å². The Labute approximate surface area is 152 Å². The molecule has 2 unspecified atom stereocenters. The highest BCUT2D eigenvalue weighted by Gasteiger charge is 2.36. The van der Waals surface area contributed by atoms with Gasteiger partial charge >= 0.3 is 0 Å².